The molecule has 0 aromatic carbocycles. The maximum atomic E-state index is 12.7. The molecular weight excluding hydrogens is 352 g/mol. The number of carbonyl (C=O) groups is 3. The number of hydrogen-bond donors (Lipinski definition) is 2. The van der Waals surface area contributed by atoms with Gasteiger partial charge in [0.15, 0.2) is 0 Å². The van der Waals surface area contributed by atoms with Crippen molar-refractivity contribution in [3.05, 3.63) is 17.5 Å². The summed E-state index contributed by atoms with van der Waals surface area (Å²) in [5.41, 5.74) is 0.605. The molecule has 1 aromatic rings. The van der Waals surface area contributed by atoms with Crippen LogP contribution in [0.1, 0.15) is 36.0 Å². The zero-order valence-electron chi connectivity index (χ0n) is 15.5. The van der Waals surface area contributed by atoms with E-state index in [2.05, 4.69) is 10.5 Å². The van der Waals surface area contributed by atoms with Gasteiger partial charge in [0.2, 0.25) is 17.6 Å². The number of carbonyl (C=O) groups excluding carboxylic acids is 2. The number of piperidine rings is 1. The summed E-state index contributed by atoms with van der Waals surface area (Å²) >= 11 is 0. The van der Waals surface area contributed by atoms with Gasteiger partial charge in [-0.15, -0.1) is 0 Å². The molecule has 1 aromatic heterocycles. The Hall–Kier alpha value is -2.42. The Morgan fingerprint density at radius 1 is 1.22 bits per heavy atom. The monoisotopic (exact) mass is 378 g/mol. The van der Waals surface area contributed by atoms with E-state index >= 15 is 0 Å². The van der Waals surface area contributed by atoms with E-state index in [4.69, 9.17) is 9.63 Å². The first kappa shape index (κ1) is 19.3. The predicted octanol–water partition coefficient (Wildman–Crippen LogP) is 0.222. The second-order valence-electron chi connectivity index (χ2n) is 7.30. The van der Waals surface area contributed by atoms with Crippen molar-refractivity contribution in [2.24, 2.45) is 11.8 Å². The van der Waals surface area contributed by atoms with E-state index in [1.807, 2.05) is 4.90 Å². The van der Waals surface area contributed by atoms with Crippen molar-refractivity contribution in [3.63, 3.8) is 0 Å². The van der Waals surface area contributed by atoms with Crippen LogP contribution < -0.4 is 5.32 Å². The van der Waals surface area contributed by atoms with Gasteiger partial charge in [0.05, 0.1) is 5.69 Å². The molecule has 2 fully saturated rings. The molecular formula is C18H26N4O5. The summed E-state index contributed by atoms with van der Waals surface area (Å²) in [4.78, 5) is 38.7. The van der Waals surface area contributed by atoms with Crippen LogP contribution in [0.15, 0.2) is 10.6 Å². The van der Waals surface area contributed by atoms with E-state index in [9.17, 15) is 14.4 Å². The van der Waals surface area contributed by atoms with Crippen molar-refractivity contribution in [1.29, 1.82) is 0 Å². The zero-order chi connectivity index (χ0) is 19.4. The smallest absolute Gasteiger partial charge is 0.374 e. The lowest BCUT2D eigenvalue weighted by Gasteiger charge is -2.37. The molecule has 2 atom stereocenters. The summed E-state index contributed by atoms with van der Waals surface area (Å²) in [5, 5.41) is 16.1. The molecule has 2 saturated heterocycles. The lowest BCUT2D eigenvalue weighted by atomic mass is 9.81. The van der Waals surface area contributed by atoms with Crippen LogP contribution in [0, 0.1) is 11.8 Å². The third kappa shape index (κ3) is 4.85. The average Bonchev–Trinajstić information content (AvgIpc) is 3.12. The standard InChI is InChI=1S/C18H26N4O5/c1-12(23)21-4-6-22(7-5-21)17(24)9-13-2-3-19-11-14(13)8-15-10-16(18(25)26)27-20-15/h10,13-14,19H,2-9,11H2,1H3,(H,25,26). The summed E-state index contributed by atoms with van der Waals surface area (Å²) in [5.74, 6) is -0.699. The molecule has 148 valence electrons. The minimum Gasteiger partial charge on any atom is -0.475 e. The average molecular weight is 378 g/mol. The van der Waals surface area contributed by atoms with Crippen LogP contribution in [0.5, 0.6) is 0 Å². The third-order valence-corrected chi connectivity index (χ3v) is 5.52. The molecule has 0 radical (unpaired) electrons. The Labute approximate surface area is 157 Å². The van der Waals surface area contributed by atoms with Gasteiger partial charge in [-0.2, -0.15) is 0 Å². The van der Waals surface area contributed by atoms with Crippen LogP contribution >= 0.6 is 0 Å². The van der Waals surface area contributed by atoms with E-state index < -0.39 is 5.97 Å². The first-order valence-electron chi connectivity index (χ1n) is 9.37. The molecule has 2 N–H and O–H groups in total. The normalized spacial score (nSPS) is 23.3. The summed E-state index contributed by atoms with van der Waals surface area (Å²) < 4.78 is 4.83. The van der Waals surface area contributed by atoms with Crippen LogP contribution in [0.4, 0.5) is 0 Å². The van der Waals surface area contributed by atoms with Crippen molar-refractivity contribution in [3.8, 4) is 0 Å². The molecule has 2 unspecified atom stereocenters. The van der Waals surface area contributed by atoms with Crippen LogP contribution in [0.25, 0.3) is 0 Å². The highest BCUT2D eigenvalue weighted by atomic mass is 16.5. The number of carboxylic acid groups (broad SMARTS) is 1. The molecule has 9 heteroatoms. The molecule has 27 heavy (non-hydrogen) atoms. The van der Waals surface area contributed by atoms with Crippen molar-refractivity contribution in [2.45, 2.75) is 26.2 Å². The number of nitrogens with one attached hydrogen (secondary N) is 1. The Morgan fingerprint density at radius 3 is 2.56 bits per heavy atom. The van der Waals surface area contributed by atoms with Crippen LogP contribution in [0.2, 0.25) is 0 Å². The summed E-state index contributed by atoms with van der Waals surface area (Å²) in [6.07, 6.45) is 1.95. The topological polar surface area (TPSA) is 116 Å². The highest BCUT2D eigenvalue weighted by Gasteiger charge is 2.31. The maximum absolute atomic E-state index is 12.7. The largest absolute Gasteiger partial charge is 0.475 e. The van der Waals surface area contributed by atoms with E-state index in [1.165, 1.54) is 6.07 Å². The molecule has 9 nitrogen and oxygen atoms in total. The minimum atomic E-state index is -1.13. The Kier molecular flexibility index (Phi) is 6.10. The van der Waals surface area contributed by atoms with Gasteiger partial charge >= 0.3 is 5.97 Å². The Bertz CT molecular complexity index is 696. The highest BCUT2D eigenvalue weighted by Crippen LogP contribution is 2.27. The van der Waals surface area contributed by atoms with Gasteiger partial charge < -0.3 is 24.7 Å². The number of hydrogen-bond acceptors (Lipinski definition) is 6. The van der Waals surface area contributed by atoms with E-state index in [1.54, 1.807) is 11.8 Å². The molecule has 2 amide bonds. The van der Waals surface area contributed by atoms with Gasteiger partial charge in [0, 0.05) is 45.6 Å². The third-order valence-electron chi connectivity index (χ3n) is 5.52. The Morgan fingerprint density at radius 2 is 1.93 bits per heavy atom. The van der Waals surface area contributed by atoms with Gasteiger partial charge in [0.1, 0.15) is 0 Å². The van der Waals surface area contributed by atoms with Gasteiger partial charge in [-0.25, -0.2) is 4.79 Å². The zero-order valence-corrected chi connectivity index (χ0v) is 15.5. The first-order chi connectivity index (χ1) is 12.9. The fourth-order valence-corrected chi connectivity index (χ4v) is 3.89. The molecule has 2 aliphatic rings. The highest BCUT2D eigenvalue weighted by molar-refractivity contribution is 5.84. The van der Waals surface area contributed by atoms with Gasteiger partial charge in [0.25, 0.3) is 0 Å². The predicted molar refractivity (Wildman–Crippen MR) is 95.1 cm³/mol. The van der Waals surface area contributed by atoms with E-state index in [0.717, 1.165) is 19.5 Å². The SMILES string of the molecule is CC(=O)N1CCN(C(=O)CC2CCNCC2Cc2cc(C(=O)O)on2)CC1. The van der Waals surface area contributed by atoms with Gasteiger partial charge in [-0.05, 0) is 37.8 Å². The van der Waals surface area contributed by atoms with Crippen LogP contribution in [-0.2, 0) is 16.0 Å². The van der Waals surface area contributed by atoms with Crippen molar-refractivity contribution in [2.75, 3.05) is 39.3 Å². The van der Waals surface area contributed by atoms with Crippen LogP contribution in [-0.4, -0.2) is 77.1 Å². The summed E-state index contributed by atoms with van der Waals surface area (Å²) in [6, 6.07) is 1.46. The molecule has 0 bridgehead atoms. The molecule has 3 rings (SSSR count). The number of amides is 2. The number of aromatic nitrogens is 1. The maximum Gasteiger partial charge on any atom is 0.374 e. The first-order valence-corrected chi connectivity index (χ1v) is 9.37. The van der Waals surface area contributed by atoms with E-state index in [-0.39, 0.29) is 29.4 Å². The number of piperazine rings is 1. The lowest BCUT2D eigenvalue weighted by Crippen LogP contribution is -2.51. The van der Waals surface area contributed by atoms with Gasteiger partial charge in [-0.1, -0.05) is 5.16 Å². The van der Waals surface area contributed by atoms with Crippen molar-refractivity contribution >= 4 is 17.8 Å². The second kappa shape index (κ2) is 8.51. The number of nitrogens with zero attached hydrogens (tertiary/aromatic N) is 3. The van der Waals surface area contributed by atoms with Crippen molar-refractivity contribution < 1.29 is 24.0 Å². The second-order valence-corrected chi connectivity index (χ2v) is 7.30. The molecule has 0 aliphatic carbocycles. The lowest BCUT2D eigenvalue weighted by molar-refractivity contribution is -0.139. The molecule has 0 spiro atoms. The van der Waals surface area contributed by atoms with E-state index in [0.29, 0.717) is 44.7 Å². The fourth-order valence-electron chi connectivity index (χ4n) is 3.89. The minimum absolute atomic E-state index is 0.0499. The molecule has 3 heterocycles. The molecule has 0 saturated carbocycles. The summed E-state index contributed by atoms with van der Waals surface area (Å²) in [6.45, 7) is 5.54. The van der Waals surface area contributed by atoms with Crippen LogP contribution in [0.3, 0.4) is 0 Å². The number of rotatable bonds is 5. The fraction of sp³-hybridized carbons (Fsp3) is 0.667. The molecule has 2 aliphatic heterocycles. The number of aromatic carboxylic acids is 1. The quantitative estimate of drug-likeness (QED) is 0.753. The van der Waals surface area contributed by atoms with Gasteiger partial charge in [-0.3, -0.25) is 9.59 Å². The number of carboxylic acids is 1. The summed E-state index contributed by atoms with van der Waals surface area (Å²) in [7, 11) is 0. The Balaban J connectivity index is 1.56. The van der Waals surface area contributed by atoms with Crippen molar-refractivity contribution in [1.82, 2.24) is 20.3 Å².